The first-order valence-electron chi connectivity index (χ1n) is 9.75. The Labute approximate surface area is 199 Å². The quantitative estimate of drug-likeness (QED) is 0.424. The van der Waals surface area contributed by atoms with Crippen LogP contribution in [0.15, 0.2) is 37.6 Å². The molecule has 9 nitrogen and oxygen atoms in total. The van der Waals surface area contributed by atoms with Crippen LogP contribution in [-0.2, 0) is 25.3 Å². The monoisotopic (exact) mass is 510 g/mol. The van der Waals surface area contributed by atoms with Crippen molar-refractivity contribution < 1.29 is 22.7 Å². The van der Waals surface area contributed by atoms with Gasteiger partial charge < -0.3 is 14.5 Å². The molecule has 0 aliphatic carbocycles. The van der Waals surface area contributed by atoms with Crippen molar-refractivity contribution in [2.24, 2.45) is 14.1 Å². The predicted molar refractivity (Wildman–Crippen MR) is 123 cm³/mol. The summed E-state index contributed by atoms with van der Waals surface area (Å²) < 4.78 is 36.9. The molecular weight excluding hydrogens is 494 g/mol. The molecule has 13 heteroatoms. The summed E-state index contributed by atoms with van der Waals surface area (Å²) in [5, 5.41) is 4.78. The molecule has 0 saturated heterocycles. The third kappa shape index (κ3) is 4.33. The average molecular weight is 511 g/mol. The van der Waals surface area contributed by atoms with Crippen molar-refractivity contribution in [3.8, 4) is 17.0 Å². The van der Waals surface area contributed by atoms with E-state index >= 15 is 0 Å². The molecule has 0 radical (unpaired) electrons. The summed E-state index contributed by atoms with van der Waals surface area (Å²) in [5.74, 6) is -0.249. The lowest BCUT2D eigenvalue weighted by atomic mass is 10.1. The van der Waals surface area contributed by atoms with Crippen LogP contribution >= 0.6 is 22.9 Å². The fraction of sp³-hybridized carbons (Fsp3) is 0.238. The molecule has 0 aliphatic rings. The first-order valence-corrected chi connectivity index (χ1v) is 11.0. The number of fused-ring (bicyclic) bond motifs is 1. The molecule has 1 amide bonds. The highest BCUT2D eigenvalue weighted by atomic mass is 35.5. The molecule has 0 atom stereocenters. The molecule has 3 heterocycles. The minimum Gasteiger partial charge on any atom is -0.444 e. The van der Waals surface area contributed by atoms with E-state index in [4.69, 9.17) is 16.0 Å². The first-order chi connectivity index (χ1) is 16.1. The predicted octanol–water partition coefficient (Wildman–Crippen LogP) is 3.70. The van der Waals surface area contributed by atoms with Gasteiger partial charge in [0.1, 0.15) is 16.9 Å². The van der Waals surface area contributed by atoms with Crippen LogP contribution in [0.1, 0.15) is 11.3 Å². The molecule has 0 unspecified atom stereocenters. The van der Waals surface area contributed by atoms with Gasteiger partial charge in [0, 0.05) is 30.6 Å². The number of halogens is 3. The number of ether oxygens (including phenoxy) is 1. The molecule has 4 aromatic rings. The summed E-state index contributed by atoms with van der Waals surface area (Å²) in [6, 6.07) is 4.26. The lowest BCUT2D eigenvalue weighted by Crippen LogP contribution is -2.36. The minimum absolute atomic E-state index is 0.00493. The van der Waals surface area contributed by atoms with Crippen LogP contribution in [0.5, 0.6) is 5.75 Å². The molecule has 1 N–H and O–H groups in total. The zero-order valence-electron chi connectivity index (χ0n) is 18.0. The fourth-order valence-electron chi connectivity index (χ4n) is 3.44. The summed E-state index contributed by atoms with van der Waals surface area (Å²) in [7, 11) is 2.83. The third-order valence-electron chi connectivity index (χ3n) is 5.12. The van der Waals surface area contributed by atoms with E-state index in [0.29, 0.717) is 22.6 Å². The number of alkyl halides is 2. The Morgan fingerprint density at radius 2 is 2.03 bits per heavy atom. The summed E-state index contributed by atoms with van der Waals surface area (Å²) in [4.78, 5) is 41.8. The Kier molecular flexibility index (Phi) is 6.28. The maximum atomic E-state index is 12.7. The molecule has 178 valence electrons. The summed E-state index contributed by atoms with van der Waals surface area (Å²) in [6.07, 6.45) is -0.174. The van der Waals surface area contributed by atoms with Crippen LogP contribution in [0.3, 0.4) is 0 Å². The second-order valence-corrected chi connectivity index (χ2v) is 8.57. The largest absolute Gasteiger partial charge is 0.444 e. The van der Waals surface area contributed by atoms with Crippen molar-refractivity contribution in [3.05, 3.63) is 60.8 Å². The third-order valence-corrected chi connectivity index (χ3v) is 6.17. The number of amides is 1. The van der Waals surface area contributed by atoms with Gasteiger partial charge >= 0.3 is 12.3 Å². The number of carbonyl (C=O) groups excluding carboxylic acids is 1. The van der Waals surface area contributed by atoms with E-state index in [1.54, 1.807) is 12.3 Å². The number of nitrogens with zero attached hydrogens (tertiary/aromatic N) is 3. The maximum absolute atomic E-state index is 12.7. The smallest absolute Gasteiger partial charge is 0.387 e. The molecule has 1 aromatic carbocycles. The van der Waals surface area contributed by atoms with Crippen molar-refractivity contribution in [2.75, 3.05) is 5.32 Å². The Morgan fingerprint density at radius 3 is 2.71 bits per heavy atom. The number of nitrogens with one attached hydrogen (secondary N) is 1. The molecule has 0 spiro atoms. The summed E-state index contributed by atoms with van der Waals surface area (Å²) in [6.45, 7) is -1.38. The number of carbonyl (C=O) groups is 1. The lowest BCUT2D eigenvalue weighted by Gasteiger charge is -2.07. The van der Waals surface area contributed by atoms with Gasteiger partial charge in [-0.3, -0.25) is 18.7 Å². The zero-order valence-corrected chi connectivity index (χ0v) is 19.6. The summed E-state index contributed by atoms with van der Waals surface area (Å²) >= 11 is 7.14. The van der Waals surface area contributed by atoms with Crippen LogP contribution in [0.4, 0.5) is 13.9 Å². The number of anilines is 1. The van der Waals surface area contributed by atoms with Gasteiger partial charge in [0.15, 0.2) is 5.13 Å². The molecule has 0 bridgehead atoms. The minimum atomic E-state index is -2.99. The molecule has 4 rings (SSSR count). The molecule has 3 aromatic heterocycles. The van der Waals surface area contributed by atoms with Crippen molar-refractivity contribution in [2.45, 2.75) is 20.0 Å². The number of hydrogen-bond acceptors (Lipinski definition) is 7. The normalized spacial score (nSPS) is 11.4. The van der Waals surface area contributed by atoms with E-state index in [0.717, 1.165) is 15.9 Å². The van der Waals surface area contributed by atoms with E-state index in [2.05, 4.69) is 15.0 Å². The highest BCUT2D eigenvalue weighted by molar-refractivity contribution is 7.14. The van der Waals surface area contributed by atoms with Crippen molar-refractivity contribution in [3.63, 3.8) is 0 Å². The first kappa shape index (κ1) is 23.6. The van der Waals surface area contributed by atoms with Gasteiger partial charge in [-0.2, -0.15) is 8.78 Å². The second-order valence-electron chi connectivity index (χ2n) is 7.31. The van der Waals surface area contributed by atoms with E-state index in [1.165, 1.54) is 36.9 Å². The second kappa shape index (κ2) is 9.03. The van der Waals surface area contributed by atoms with Crippen molar-refractivity contribution in [1.82, 2.24) is 14.1 Å². The van der Waals surface area contributed by atoms with Gasteiger partial charge in [-0.15, -0.1) is 11.3 Å². The van der Waals surface area contributed by atoms with E-state index in [1.807, 2.05) is 0 Å². The van der Waals surface area contributed by atoms with Crippen LogP contribution < -0.4 is 21.3 Å². The van der Waals surface area contributed by atoms with Gasteiger partial charge in [-0.1, -0.05) is 11.6 Å². The number of furan rings is 1. The number of aromatic nitrogens is 3. The van der Waals surface area contributed by atoms with Gasteiger partial charge in [0.25, 0.3) is 5.56 Å². The number of rotatable bonds is 6. The zero-order chi connectivity index (χ0) is 24.7. The van der Waals surface area contributed by atoms with Crippen LogP contribution in [0, 0.1) is 6.92 Å². The molecular formula is C21H17ClF2N4O5S. The van der Waals surface area contributed by atoms with Gasteiger partial charge in [0.05, 0.1) is 17.1 Å². The summed E-state index contributed by atoms with van der Waals surface area (Å²) in [5.41, 5.74) is 0.406. The SMILES string of the molecule is Cc1oc2c(c1CC(=O)Nc1nc(-c3ccc(OC(F)F)c(Cl)c3)cs1)c(=O)n(C)c(=O)n2C. The number of hydrogen-bond donors (Lipinski definition) is 1. The van der Waals surface area contributed by atoms with Crippen molar-refractivity contribution in [1.29, 1.82) is 0 Å². The Balaban J connectivity index is 1.55. The van der Waals surface area contributed by atoms with Crippen LogP contribution in [-0.4, -0.2) is 26.6 Å². The van der Waals surface area contributed by atoms with Crippen LogP contribution in [0.25, 0.3) is 22.4 Å². The van der Waals surface area contributed by atoms with Gasteiger partial charge in [0.2, 0.25) is 11.6 Å². The van der Waals surface area contributed by atoms with Crippen LogP contribution in [0.2, 0.25) is 5.02 Å². The number of benzene rings is 1. The Morgan fingerprint density at radius 1 is 1.29 bits per heavy atom. The fourth-order valence-corrected chi connectivity index (χ4v) is 4.40. The standard InChI is InChI=1S/C21H17ClF2N4O5S/c1-9-11(16-17(30)27(2)21(31)28(3)18(16)32-9)7-15(29)26-20-25-13(8-34-20)10-4-5-14(12(22)6-10)33-19(23)24/h4-6,8,19H,7H2,1-3H3,(H,25,26,29). The molecule has 34 heavy (non-hydrogen) atoms. The Hall–Kier alpha value is -3.51. The lowest BCUT2D eigenvalue weighted by molar-refractivity contribution is -0.115. The maximum Gasteiger partial charge on any atom is 0.387 e. The van der Waals surface area contributed by atoms with E-state index in [-0.39, 0.29) is 33.4 Å². The average Bonchev–Trinajstić information content (AvgIpc) is 3.36. The molecule has 0 saturated carbocycles. The molecule has 0 fully saturated rings. The molecule has 0 aliphatic heterocycles. The van der Waals surface area contributed by atoms with Crippen molar-refractivity contribution >= 4 is 45.1 Å². The van der Waals surface area contributed by atoms with E-state index in [9.17, 15) is 23.2 Å². The Bertz CT molecular complexity index is 1540. The number of aryl methyl sites for hydroxylation is 2. The van der Waals surface area contributed by atoms with Gasteiger partial charge in [-0.05, 0) is 25.1 Å². The highest BCUT2D eigenvalue weighted by Crippen LogP contribution is 2.33. The highest BCUT2D eigenvalue weighted by Gasteiger charge is 2.22. The number of thiazole rings is 1. The van der Waals surface area contributed by atoms with E-state index < -0.39 is 23.8 Å². The topological polar surface area (TPSA) is 108 Å². The van der Waals surface area contributed by atoms with Gasteiger partial charge in [-0.25, -0.2) is 9.78 Å².